The molecular weight excluding hydrogens is 246 g/mol. The van der Waals surface area contributed by atoms with Crippen LogP contribution >= 0.6 is 0 Å². The van der Waals surface area contributed by atoms with Crippen molar-refractivity contribution in [3.8, 4) is 0 Å². The Bertz CT molecular complexity index is 460. The maximum absolute atomic E-state index is 11.8. The van der Waals surface area contributed by atoms with E-state index in [9.17, 15) is 9.59 Å². The molecule has 1 amide bonds. The Balaban J connectivity index is 3.14. The number of allylic oxidation sites excluding steroid dienone is 1. The summed E-state index contributed by atoms with van der Waals surface area (Å²) in [5.41, 5.74) is 1.19. The van der Waals surface area contributed by atoms with Gasteiger partial charge < -0.3 is 14.8 Å². The molecule has 5 nitrogen and oxygen atoms in total. The Kier molecular flexibility index (Phi) is 5.36. The second-order valence-corrected chi connectivity index (χ2v) is 4.13. The fourth-order valence-corrected chi connectivity index (χ4v) is 1.75. The first-order valence-electron chi connectivity index (χ1n) is 6.08. The molecule has 1 rings (SSSR count). The molecule has 0 radical (unpaired) electrons. The van der Waals surface area contributed by atoms with Crippen molar-refractivity contribution in [3.05, 3.63) is 35.1 Å². The zero-order valence-electron chi connectivity index (χ0n) is 11.6. The standard InChI is InChI=1S/C14H19NO4/c1-5-19-13-7-6-12(15-10(3)16)9(2)8-11(13)14(17)18-4/h6-8,12H,5H2,1-4H3,(H,15,16). The zero-order valence-corrected chi connectivity index (χ0v) is 11.6. The third kappa shape index (κ3) is 3.98. The van der Waals surface area contributed by atoms with Crippen LogP contribution in [-0.4, -0.2) is 31.6 Å². The molecule has 1 unspecified atom stereocenters. The Morgan fingerprint density at radius 2 is 2.11 bits per heavy atom. The van der Waals surface area contributed by atoms with Gasteiger partial charge in [0, 0.05) is 6.92 Å². The summed E-state index contributed by atoms with van der Waals surface area (Å²) in [4.78, 5) is 22.9. The predicted octanol–water partition coefficient (Wildman–Crippen LogP) is 1.47. The van der Waals surface area contributed by atoms with Gasteiger partial charge in [0.25, 0.3) is 0 Å². The summed E-state index contributed by atoms with van der Waals surface area (Å²) in [5.74, 6) is -0.153. The van der Waals surface area contributed by atoms with Gasteiger partial charge in [-0.25, -0.2) is 4.79 Å². The lowest BCUT2D eigenvalue weighted by Crippen LogP contribution is -2.32. The average molecular weight is 265 g/mol. The van der Waals surface area contributed by atoms with E-state index < -0.39 is 5.97 Å². The zero-order chi connectivity index (χ0) is 14.4. The number of esters is 1. The minimum Gasteiger partial charge on any atom is -0.493 e. The molecule has 0 aromatic rings. The number of hydrogen-bond donors (Lipinski definition) is 1. The van der Waals surface area contributed by atoms with E-state index in [1.807, 2.05) is 13.8 Å². The van der Waals surface area contributed by atoms with E-state index in [1.165, 1.54) is 14.0 Å². The summed E-state index contributed by atoms with van der Waals surface area (Å²) < 4.78 is 10.2. The molecule has 0 heterocycles. The molecule has 0 bridgehead atoms. The highest BCUT2D eigenvalue weighted by atomic mass is 16.5. The van der Waals surface area contributed by atoms with Crippen LogP contribution in [-0.2, 0) is 19.1 Å². The van der Waals surface area contributed by atoms with Crippen molar-refractivity contribution in [2.75, 3.05) is 13.7 Å². The molecule has 1 N–H and O–H groups in total. The van der Waals surface area contributed by atoms with E-state index >= 15 is 0 Å². The average Bonchev–Trinajstić information content (AvgIpc) is 2.51. The molecule has 1 aliphatic rings. The van der Waals surface area contributed by atoms with Crippen LogP contribution in [0.2, 0.25) is 0 Å². The van der Waals surface area contributed by atoms with Crippen LogP contribution in [0.25, 0.3) is 0 Å². The van der Waals surface area contributed by atoms with E-state index in [0.29, 0.717) is 17.9 Å². The van der Waals surface area contributed by atoms with Gasteiger partial charge in [0.1, 0.15) is 11.3 Å². The second-order valence-electron chi connectivity index (χ2n) is 4.13. The van der Waals surface area contributed by atoms with Gasteiger partial charge in [0.15, 0.2) is 0 Å². The van der Waals surface area contributed by atoms with Crippen molar-refractivity contribution in [2.45, 2.75) is 26.8 Å². The first kappa shape index (κ1) is 15.0. The lowest BCUT2D eigenvalue weighted by atomic mass is 10.1. The van der Waals surface area contributed by atoms with Gasteiger partial charge >= 0.3 is 5.97 Å². The molecule has 19 heavy (non-hydrogen) atoms. The molecule has 0 saturated carbocycles. The lowest BCUT2D eigenvalue weighted by molar-refractivity contribution is -0.136. The van der Waals surface area contributed by atoms with Gasteiger partial charge in [0.05, 0.1) is 19.8 Å². The molecule has 0 aromatic carbocycles. The number of carbonyl (C=O) groups excluding carboxylic acids is 2. The maximum Gasteiger partial charge on any atom is 0.341 e. The Hall–Kier alpha value is -2.04. The summed E-state index contributed by atoms with van der Waals surface area (Å²) in [6.45, 7) is 5.56. The van der Waals surface area contributed by atoms with Gasteiger partial charge in [-0.15, -0.1) is 0 Å². The molecule has 0 fully saturated rings. The Morgan fingerprint density at radius 1 is 1.42 bits per heavy atom. The minimum absolute atomic E-state index is 0.137. The van der Waals surface area contributed by atoms with E-state index in [-0.39, 0.29) is 11.9 Å². The van der Waals surface area contributed by atoms with Crippen molar-refractivity contribution in [3.63, 3.8) is 0 Å². The van der Waals surface area contributed by atoms with E-state index in [0.717, 1.165) is 5.57 Å². The van der Waals surface area contributed by atoms with E-state index in [4.69, 9.17) is 9.47 Å². The topological polar surface area (TPSA) is 64.6 Å². The number of nitrogens with one attached hydrogen (secondary N) is 1. The highest BCUT2D eigenvalue weighted by Gasteiger charge is 2.20. The first-order chi connectivity index (χ1) is 8.99. The normalized spacial score (nSPS) is 18.5. The quantitative estimate of drug-likeness (QED) is 0.782. The molecular formula is C14H19NO4. The Morgan fingerprint density at radius 3 is 2.63 bits per heavy atom. The molecule has 0 aliphatic heterocycles. The maximum atomic E-state index is 11.8. The number of methoxy groups -OCH3 is 1. The third-order valence-corrected chi connectivity index (χ3v) is 2.63. The minimum atomic E-state index is -0.462. The van der Waals surface area contributed by atoms with Crippen LogP contribution in [0.4, 0.5) is 0 Å². The summed E-state index contributed by atoms with van der Waals surface area (Å²) in [7, 11) is 1.32. The summed E-state index contributed by atoms with van der Waals surface area (Å²) in [6.07, 6.45) is 5.15. The summed E-state index contributed by atoms with van der Waals surface area (Å²) in [5, 5.41) is 2.78. The van der Waals surface area contributed by atoms with Crippen LogP contribution < -0.4 is 5.32 Å². The number of rotatable bonds is 4. The number of ether oxygens (including phenoxy) is 2. The summed E-state index contributed by atoms with van der Waals surface area (Å²) >= 11 is 0. The largest absolute Gasteiger partial charge is 0.493 e. The van der Waals surface area contributed by atoms with Crippen LogP contribution in [0.1, 0.15) is 20.8 Å². The predicted molar refractivity (Wildman–Crippen MR) is 71.2 cm³/mol. The van der Waals surface area contributed by atoms with Crippen molar-refractivity contribution >= 4 is 11.9 Å². The molecule has 1 aliphatic carbocycles. The summed E-state index contributed by atoms with van der Waals surface area (Å²) in [6, 6.07) is -0.255. The third-order valence-electron chi connectivity index (χ3n) is 2.63. The van der Waals surface area contributed by atoms with Crippen molar-refractivity contribution < 1.29 is 19.1 Å². The lowest BCUT2D eigenvalue weighted by Gasteiger charge is -2.13. The molecule has 1 atom stereocenters. The van der Waals surface area contributed by atoms with Crippen molar-refractivity contribution in [2.24, 2.45) is 0 Å². The second kappa shape index (κ2) is 6.78. The van der Waals surface area contributed by atoms with Crippen LogP contribution in [0, 0.1) is 0 Å². The highest BCUT2D eigenvalue weighted by Crippen LogP contribution is 2.20. The molecule has 104 valence electrons. The van der Waals surface area contributed by atoms with Gasteiger partial charge in [0.2, 0.25) is 5.91 Å². The molecule has 0 spiro atoms. The van der Waals surface area contributed by atoms with Gasteiger partial charge in [-0.1, -0.05) is 6.08 Å². The van der Waals surface area contributed by atoms with Gasteiger partial charge in [-0.3, -0.25) is 4.79 Å². The number of amides is 1. The van der Waals surface area contributed by atoms with Gasteiger partial charge in [-0.2, -0.15) is 0 Å². The van der Waals surface area contributed by atoms with Crippen LogP contribution in [0.5, 0.6) is 0 Å². The van der Waals surface area contributed by atoms with Crippen molar-refractivity contribution in [1.29, 1.82) is 0 Å². The Labute approximate surface area is 113 Å². The van der Waals surface area contributed by atoms with Crippen LogP contribution in [0.15, 0.2) is 35.1 Å². The number of carbonyl (C=O) groups is 2. The monoisotopic (exact) mass is 265 g/mol. The van der Waals surface area contributed by atoms with Crippen LogP contribution in [0.3, 0.4) is 0 Å². The number of hydrogen-bond acceptors (Lipinski definition) is 4. The SMILES string of the molecule is CCOC1=C(C(=O)OC)C=C(C)C(NC(C)=O)C=C1. The molecule has 5 heteroatoms. The highest BCUT2D eigenvalue weighted by molar-refractivity contribution is 5.93. The van der Waals surface area contributed by atoms with E-state index in [2.05, 4.69) is 5.32 Å². The fourth-order valence-electron chi connectivity index (χ4n) is 1.75. The van der Waals surface area contributed by atoms with Crippen molar-refractivity contribution in [1.82, 2.24) is 5.32 Å². The van der Waals surface area contributed by atoms with Gasteiger partial charge in [-0.05, 0) is 31.6 Å². The van der Waals surface area contributed by atoms with E-state index in [1.54, 1.807) is 18.2 Å². The molecule has 0 saturated heterocycles. The molecule has 0 aromatic heterocycles. The first-order valence-corrected chi connectivity index (χ1v) is 6.08. The smallest absolute Gasteiger partial charge is 0.341 e. The fraction of sp³-hybridized carbons (Fsp3) is 0.429.